The highest BCUT2D eigenvalue weighted by molar-refractivity contribution is 6.32. The molecule has 2 rings (SSSR count). The van der Waals surface area contributed by atoms with Crippen LogP contribution in [0.2, 0.25) is 5.02 Å². The van der Waals surface area contributed by atoms with Gasteiger partial charge >= 0.3 is 0 Å². The van der Waals surface area contributed by atoms with Crippen LogP contribution in [0.5, 0.6) is 11.5 Å². The molecular weight excluding hydrogens is 368 g/mol. The van der Waals surface area contributed by atoms with E-state index in [-0.39, 0.29) is 35.1 Å². The highest BCUT2D eigenvalue weighted by atomic mass is 35.5. The molecule has 7 heteroatoms. The second kappa shape index (κ2) is 9.83. The lowest BCUT2D eigenvalue weighted by Gasteiger charge is -2.19. The Bertz CT molecular complexity index is 796. The minimum atomic E-state index is -0.639. The molecule has 144 valence electrons. The normalized spacial score (nSPS) is 11.5. The standard InChI is InChI=1S/C20H23ClN2O4/c1-3-7-16(13-8-5-4-6-9-13)23-20(25)14-10-15(21)19(17(11-14)26-2)27-12-18(22)24/h4-6,8-11,16H,3,7,12H2,1-2H3,(H2,22,24)(H,23,25). The summed E-state index contributed by atoms with van der Waals surface area (Å²) in [5.41, 5.74) is 6.45. The third-order valence-electron chi connectivity index (χ3n) is 3.94. The van der Waals surface area contributed by atoms with Crippen LogP contribution in [0.25, 0.3) is 0 Å². The Morgan fingerprint density at radius 1 is 1.22 bits per heavy atom. The lowest BCUT2D eigenvalue weighted by Crippen LogP contribution is -2.28. The number of amides is 2. The number of carbonyl (C=O) groups is 2. The first-order chi connectivity index (χ1) is 13.0. The summed E-state index contributed by atoms with van der Waals surface area (Å²) in [7, 11) is 1.42. The molecule has 0 bridgehead atoms. The first kappa shape index (κ1) is 20.6. The van der Waals surface area contributed by atoms with Gasteiger partial charge in [0.2, 0.25) is 0 Å². The number of rotatable bonds is 9. The maximum Gasteiger partial charge on any atom is 0.255 e. The van der Waals surface area contributed by atoms with Gasteiger partial charge in [-0.15, -0.1) is 0 Å². The number of nitrogens with two attached hydrogens (primary N) is 1. The van der Waals surface area contributed by atoms with Gasteiger partial charge in [-0.05, 0) is 24.1 Å². The van der Waals surface area contributed by atoms with Crippen molar-refractivity contribution in [3.8, 4) is 11.5 Å². The van der Waals surface area contributed by atoms with Gasteiger partial charge in [-0.2, -0.15) is 0 Å². The molecule has 0 saturated heterocycles. The van der Waals surface area contributed by atoms with Crippen molar-refractivity contribution in [3.05, 3.63) is 58.6 Å². The summed E-state index contributed by atoms with van der Waals surface area (Å²) in [4.78, 5) is 23.7. The molecule has 1 atom stereocenters. The first-order valence-electron chi connectivity index (χ1n) is 8.60. The Hall–Kier alpha value is -2.73. The van der Waals surface area contributed by atoms with Gasteiger partial charge in [-0.1, -0.05) is 55.3 Å². The number of halogens is 1. The van der Waals surface area contributed by atoms with Gasteiger partial charge in [0.1, 0.15) is 0 Å². The van der Waals surface area contributed by atoms with E-state index in [1.54, 1.807) is 0 Å². The molecule has 0 aliphatic heterocycles. The van der Waals surface area contributed by atoms with Gasteiger partial charge in [-0.3, -0.25) is 9.59 Å². The fourth-order valence-corrected chi connectivity index (χ4v) is 2.94. The lowest BCUT2D eigenvalue weighted by molar-refractivity contribution is -0.119. The van der Waals surface area contributed by atoms with Crippen LogP contribution in [0.4, 0.5) is 0 Å². The van der Waals surface area contributed by atoms with E-state index in [0.29, 0.717) is 5.56 Å². The molecule has 2 amide bonds. The van der Waals surface area contributed by atoms with Crippen molar-refractivity contribution < 1.29 is 19.1 Å². The number of ether oxygens (including phenoxy) is 2. The van der Waals surface area contributed by atoms with E-state index in [1.807, 2.05) is 30.3 Å². The van der Waals surface area contributed by atoms with Crippen molar-refractivity contribution in [1.82, 2.24) is 5.32 Å². The maximum atomic E-state index is 12.8. The summed E-state index contributed by atoms with van der Waals surface area (Å²) in [5, 5.41) is 3.19. The number of nitrogens with one attached hydrogen (secondary N) is 1. The summed E-state index contributed by atoms with van der Waals surface area (Å²) in [6.45, 7) is 1.72. The molecule has 0 spiro atoms. The molecule has 0 heterocycles. The van der Waals surface area contributed by atoms with E-state index < -0.39 is 5.91 Å². The predicted octanol–water partition coefficient (Wildman–Crippen LogP) is 3.48. The van der Waals surface area contributed by atoms with E-state index in [2.05, 4.69) is 12.2 Å². The Morgan fingerprint density at radius 3 is 2.52 bits per heavy atom. The van der Waals surface area contributed by atoms with Crippen LogP contribution in [0, 0.1) is 0 Å². The summed E-state index contributed by atoms with van der Waals surface area (Å²) >= 11 is 6.22. The molecule has 0 aliphatic rings. The molecule has 0 fully saturated rings. The van der Waals surface area contributed by atoms with E-state index in [4.69, 9.17) is 26.8 Å². The van der Waals surface area contributed by atoms with Crippen molar-refractivity contribution in [3.63, 3.8) is 0 Å². The Labute approximate surface area is 163 Å². The summed E-state index contributed by atoms with van der Waals surface area (Å²) < 4.78 is 10.5. The monoisotopic (exact) mass is 390 g/mol. The van der Waals surface area contributed by atoms with Crippen molar-refractivity contribution in [2.45, 2.75) is 25.8 Å². The molecule has 27 heavy (non-hydrogen) atoms. The fourth-order valence-electron chi connectivity index (χ4n) is 2.67. The largest absolute Gasteiger partial charge is 0.493 e. The van der Waals surface area contributed by atoms with Crippen LogP contribution in [-0.2, 0) is 4.79 Å². The van der Waals surface area contributed by atoms with Crippen LogP contribution in [0.15, 0.2) is 42.5 Å². The summed E-state index contributed by atoms with van der Waals surface area (Å²) in [6.07, 6.45) is 1.73. The molecule has 3 N–H and O–H groups in total. The molecule has 2 aromatic carbocycles. The van der Waals surface area contributed by atoms with Crippen LogP contribution >= 0.6 is 11.6 Å². The predicted molar refractivity (Wildman–Crippen MR) is 104 cm³/mol. The number of carbonyl (C=O) groups excluding carboxylic acids is 2. The van der Waals surface area contributed by atoms with Crippen molar-refractivity contribution in [2.75, 3.05) is 13.7 Å². The molecule has 0 aromatic heterocycles. The molecule has 1 unspecified atom stereocenters. The minimum Gasteiger partial charge on any atom is -0.493 e. The average Bonchev–Trinajstić information content (AvgIpc) is 2.66. The third-order valence-corrected chi connectivity index (χ3v) is 4.22. The number of hydrogen-bond donors (Lipinski definition) is 2. The minimum absolute atomic E-state index is 0.112. The number of methoxy groups -OCH3 is 1. The van der Waals surface area contributed by atoms with Crippen LogP contribution in [0.1, 0.15) is 41.7 Å². The van der Waals surface area contributed by atoms with Gasteiger partial charge in [0.15, 0.2) is 18.1 Å². The summed E-state index contributed by atoms with van der Waals surface area (Å²) in [5.74, 6) is -0.498. The zero-order chi connectivity index (χ0) is 19.8. The molecule has 0 saturated carbocycles. The van der Waals surface area contributed by atoms with Gasteiger partial charge in [0, 0.05) is 5.56 Å². The number of benzene rings is 2. The van der Waals surface area contributed by atoms with Gasteiger partial charge < -0.3 is 20.5 Å². The zero-order valence-corrected chi connectivity index (χ0v) is 16.1. The lowest BCUT2D eigenvalue weighted by atomic mass is 10.0. The fraction of sp³-hybridized carbons (Fsp3) is 0.300. The van der Waals surface area contributed by atoms with E-state index >= 15 is 0 Å². The van der Waals surface area contributed by atoms with Crippen LogP contribution in [-0.4, -0.2) is 25.5 Å². The van der Waals surface area contributed by atoms with Crippen molar-refractivity contribution >= 4 is 23.4 Å². The Balaban J connectivity index is 2.24. The van der Waals surface area contributed by atoms with E-state index in [1.165, 1.54) is 19.2 Å². The molecular formula is C20H23ClN2O4. The summed E-state index contributed by atoms with van der Waals surface area (Å²) in [6, 6.07) is 12.7. The molecule has 2 aromatic rings. The van der Waals surface area contributed by atoms with Gasteiger partial charge in [0.25, 0.3) is 11.8 Å². The maximum absolute atomic E-state index is 12.8. The highest BCUT2D eigenvalue weighted by Crippen LogP contribution is 2.36. The van der Waals surface area contributed by atoms with Gasteiger partial charge in [-0.25, -0.2) is 0 Å². The molecule has 6 nitrogen and oxygen atoms in total. The third kappa shape index (κ3) is 5.62. The first-order valence-corrected chi connectivity index (χ1v) is 8.98. The van der Waals surface area contributed by atoms with E-state index in [0.717, 1.165) is 18.4 Å². The smallest absolute Gasteiger partial charge is 0.255 e. The highest BCUT2D eigenvalue weighted by Gasteiger charge is 2.19. The second-order valence-corrected chi connectivity index (χ2v) is 6.38. The molecule has 0 aliphatic carbocycles. The van der Waals surface area contributed by atoms with Crippen LogP contribution in [0.3, 0.4) is 0 Å². The van der Waals surface area contributed by atoms with Crippen molar-refractivity contribution in [2.24, 2.45) is 5.73 Å². The molecule has 0 radical (unpaired) electrons. The average molecular weight is 391 g/mol. The topological polar surface area (TPSA) is 90.6 Å². The SMILES string of the molecule is CCCC(NC(=O)c1cc(Cl)c(OCC(N)=O)c(OC)c1)c1ccccc1. The van der Waals surface area contributed by atoms with E-state index in [9.17, 15) is 9.59 Å². The van der Waals surface area contributed by atoms with Crippen LogP contribution < -0.4 is 20.5 Å². The Kier molecular flexibility index (Phi) is 7.49. The van der Waals surface area contributed by atoms with Crippen molar-refractivity contribution in [1.29, 1.82) is 0 Å². The quantitative estimate of drug-likeness (QED) is 0.685. The Morgan fingerprint density at radius 2 is 1.93 bits per heavy atom. The second-order valence-electron chi connectivity index (χ2n) is 5.97. The number of hydrogen-bond acceptors (Lipinski definition) is 4. The van der Waals surface area contributed by atoms with Gasteiger partial charge in [0.05, 0.1) is 18.2 Å². The number of primary amides is 1. The zero-order valence-electron chi connectivity index (χ0n) is 15.3.